The van der Waals surface area contributed by atoms with Gasteiger partial charge in [0.25, 0.3) is 0 Å². The highest BCUT2D eigenvalue weighted by Gasteiger charge is 2.19. The highest BCUT2D eigenvalue weighted by atomic mass is 35.5. The van der Waals surface area contributed by atoms with Crippen molar-refractivity contribution in [2.24, 2.45) is 0 Å². The molecular formula is C29H35ClN2O4. The van der Waals surface area contributed by atoms with Crippen LogP contribution in [0.3, 0.4) is 0 Å². The maximum absolute atomic E-state index is 12.0. The fourth-order valence-electron chi connectivity index (χ4n) is 3.75. The molecule has 0 aliphatic heterocycles. The molecule has 0 bridgehead atoms. The van der Waals surface area contributed by atoms with Crippen molar-refractivity contribution >= 4 is 23.4 Å². The predicted molar refractivity (Wildman–Crippen MR) is 145 cm³/mol. The quantitative estimate of drug-likeness (QED) is 0.299. The number of amides is 1. The summed E-state index contributed by atoms with van der Waals surface area (Å²) < 4.78 is 10.5. The van der Waals surface area contributed by atoms with Crippen LogP contribution in [-0.2, 0) is 11.3 Å². The lowest BCUT2D eigenvalue weighted by molar-refractivity contribution is 0.0525. The van der Waals surface area contributed by atoms with Gasteiger partial charge in [0.05, 0.1) is 7.11 Å². The van der Waals surface area contributed by atoms with Crippen LogP contribution in [0, 0.1) is 0 Å². The number of alkyl carbamates (subject to hydrolysis) is 1. The van der Waals surface area contributed by atoms with Gasteiger partial charge in [-0.25, -0.2) is 4.79 Å². The van der Waals surface area contributed by atoms with E-state index in [-0.39, 0.29) is 5.92 Å². The molecule has 1 amide bonds. The van der Waals surface area contributed by atoms with E-state index < -0.39 is 17.8 Å². The first-order valence-corrected chi connectivity index (χ1v) is 12.3. The summed E-state index contributed by atoms with van der Waals surface area (Å²) >= 11 is 6.29. The first-order chi connectivity index (χ1) is 17.1. The minimum absolute atomic E-state index is 0.0247. The molecule has 0 radical (unpaired) electrons. The second-order valence-electron chi connectivity index (χ2n) is 9.79. The monoisotopic (exact) mass is 510 g/mol. The Morgan fingerprint density at radius 2 is 1.72 bits per heavy atom. The van der Waals surface area contributed by atoms with Crippen LogP contribution in [0.2, 0.25) is 5.02 Å². The molecule has 3 N–H and O–H groups in total. The molecule has 0 spiro atoms. The third-order valence-corrected chi connectivity index (χ3v) is 5.93. The molecule has 0 saturated carbocycles. The van der Waals surface area contributed by atoms with Gasteiger partial charge in [0.15, 0.2) is 0 Å². The highest BCUT2D eigenvalue weighted by Crippen LogP contribution is 2.32. The molecule has 7 heteroatoms. The summed E-state index contributed by atoms with van der Waals surface area (Å²) in [4.78, 5) is 12.0. The molecule has 0 aliphatic rings. The van der Waals surface area contributed by atoms with Crippen LogP contribution in [0.5, 0.6) is 5.75 Å². The normalized spacial score (nSPS) is 13.0. The van der Waals surface area contributed by atoms with Crippen LogP contribution in [0.25, 0.3) is 0 Å². The van der Waals surface area contributed by atoms with Gasteiger partial charge in [0, 0.05) is 29.4 Å². The van der Waals surface area contributed by atoms with Crippen LogP contribution >= 0.6 is 11.6 Å². The standard InChI is InChI=1S/C29H35ClN2O4/c1-19(17-32-28(34)36-29(2,3)4)21-7-6-8-22(15-21)27(33)25-16-23(30)11-14-26(25)31-18-20-9-12-24(35-5)13-10-20/h6-16,19,27,31,33H,17-18H2,1-5H3,(H,32,34). The summed E-state index contributed by atoms with van der Waals surface area (Å²) in [6.45, 7) is 8.51. The highest BCUT2D eigenvalue weighted by molar-refractivity contribution is 6.30. The van der Waals surface area contributed by atoms with Crippen LogP contribution in [0.4, 0.5) is 10.5 Å². The van der Waals surface area contributed by atoms with Crippen molar-refractivity contribution in [1.29, 1.82) is 0 Å². The van der Waals surface area contributed by atoms with E-state index in [1.54, 1.807) is 19.2 Å². The molecule has 2 atom stereocenters. The zero-order valence-electron chi connectivity index (χ0n) is 21.5. The molecule has 6 nitrogen and oxygen atoms in total. The van der Waals surface area contributed by atoms with E-state index >= 15 is 0 Å². The van der Waals surface area contributed by atoms with E-state index in [1.165, 1.54) is 0 Å². The zero-order chi connectivity index (χ0) is 26.3. The van der Waals surface area contributed by atoms with Crippen LogP contribution < -0.4 is 15.4 Å². The smallest absolute Gasteiger partial charge is 0.407 e. The van der Waals surface area contributed by atoms with Crippen molar-refractivity contribution in [3.63, 3.8) is 0 Å². The Kier molecular flexibility index (Phi) is 9.24. The van der Waals surface area contributed by atoms with Crippen molar-refractivity contribution in [2.75, 3.05) is 19.0 Å². The topological polar surface area (TPSA) is 79.8 Å². The number of ether oxygens (including phenoxy) is 2. The van der Waals surface area contributed by atoms with Gasteiger partial charge in [-0.2, -0.15) is 0 Å². The lowest BCUT2D eigenvalue weighted by Crippen LogP contribution is -2.34. The summed E-state index contributed by atoms with van der Waals surface area (Å²) in [5.41, 5.74) is 3.76. The van der Waals surface area contributed by atoms with E-state index in [9.17, 15) is 9.90 Å². The second-order valence-corrected chi connectivity index (χ2v) is 10.2. The number of rotatable bonds is 9. The van der Waals surface area contributed by atoms with Crippen molar-refractivity contribution in [1.82, 2.24) is 5.32 Å². The largest absolute Gasteiger partial charge is 0.497 e. The number of hydrogen-bond acceptors (Lipinski definition) is 5. The Balaban J connectivity index is 1.73. The summed E-state index contributed by atoms with van der Waals surface area (Å²) in [6, 6.07) is 21.0. The van der Waals surface area contributed by atoms with Gasteiger partial charge in [-0.3, -0.25) is 0 Å². The molecule has 192 valence electrons. The Morgan fingerprint density at radius 1 is 1.03 bits per heavy atom. The molecule has 2 unspecified atom stereocenters. The fourth-order valence-corrected chi connectivity index (χ4v) is 3.93. The molecule has 0 aromatic heterocycles. The molecule has 0 saturated heterocycles. The van der Waals surface area contributed by atoms with E-state index in [4.69, 9.17) is 21.1 Å². The van der Waals surface area contributed by atoms with E-state index in [2.05, 4.69) is 10.6 Å². The number of methoxy groups -OCH3 is 1. The summed E-state index contributed by atoms with van der Waals surface area (Å²) in [7, 11) is 1.64. The van der Waals surface area contributed by atoms with Crippen molar-refractivity contribution in [2.45, 2.75) is 51.9 Å². The zero-order valence-corrected chi connectivity index (χ0v) is 22.2. The van der Waals surface area contributed by atoms with Gasteiger partial charge >= 0.3 is 6.09 Å². The number of hydrogen-bond donors (Lipinski definition) is 3. The average Bonchev–Trinajstić information content (AvgIpc) is 2.85. The number of benzene rings is 3. The number of aliphatic hydroxyl groups is 1. The Labute approximate surface area is 218 Å². The Bertz CT molecular complexity index is 1160. The van der Waals surface area contributed by atoms with Crippen molar-refractivity contribution in [3.8, 4) is 5.75 Å². The molecule has 0 heterocycles. The number of carbonyl (C=O) groups excluding carboxylic acids is 1. The van der Waals surface area contributed by atoms with E-state index in [0.717, 1.165) is 28.1 Å². The van der Waals surface area contributed by atoms with Crippen LogP contribution in [0.1, 0.15) is 62.0 Å². The van der Waals surface area contributed by atoms with Gasteiger partial charge in [0.2, 0.25) is 0 Å². The van der Waals surface area contributed by atoms with E-state index in [0.29, 0.717) is 23.7 Å². The molecule has 0 fully saturated rings. The fraction of sp³-hybridized carbons (Fsp3) is 0.345. The van der Waals surface area contributed by atoms with Gasteiger partial charge in [0.1, 0.15) is 17.5 Å². The predicted octanol–water partition coefficient (Wildman–Crippen LogP) is 6.67. The SMILES string of the molecule is COc1ccc(CNc2ccc(Cl)cc2C(O)c2cccc(C(C)CNC(=O)OC(C)(C)C)c2)cc1. The lowest BCUT2D eigenvalue weighted by atomic mass is 9.94. The first kappa shape index (κ1) is 27.4. The summed E-state index contributed by atoms with van der Waals surface area (Å²) in [5.74, 6) is 0.827. The second kappa shape index (κ2) is 12.2. The van der Waals surface area contributed by atoms with E-state index in [1.807, 2.05) is 82.3 Å². The average molecular weight is 511 g/mol. The number of anilines is 1. The van der Waals surface area contributed by atoms with Crippen molar-refractivity contribution < 1.29 is 19.4 Å². The third kappa shape index (κ3) is 7.90. The Morgan fingerprint density at radius 3 is 2.39 bits per heavy atom. The van der Waals surface area contributed by atoms with Gasteiger partial charge in [-0.05, 0) is 73.7 Å². The molecule has 3 rings (SSSR count). The van der Waals surface area contributed by atoms with Crippen molar-refractivity contribution in [3.05, 3.63) is 94.0 Å². The Hall–Kier alpha value is -3.22. The minimum Gasteiger partial charge on any atom is -0.497 e. The maximum atomic E-state index is 12.0. The lowest BCUT2D eigenvalue weighted by Gasteiger charge is -2.22. The molecule has 0 aliphatic carbocycles. The maximum Gasteiger partial charge on any atom is 0.407 e. The number of aliphatic hydroxyl groups excluding tert-OH is 1. The number of nitrogens with one attached hydrogen (secondary N) is 2. The number of halogens is 1. The van der Waals surface area contributed by atoms with Gasteiger partial charge in [-0.1, -0.05) is 54.9 Å². The third-order valence-electron chi connectivity index (χ3n) is 5.70. The minimum atomic E-state index is -0.881. The van der Waals surface area contributed by atoms with Crippen LogP contribution in [-0.4, -0.2) is 30.5 Å². The molecule has 36 heavy (non-hydrogen) atoms. The van der Waals surface area contributed by atoms with Gasteiger partial charge in [-0.15, -0.1) is 0 Å². The molecule has 3 aromatic carbocycles. The van der Waals surface area contributed by atoms with Crippen LogP contribution in [0.15, 0.2) is 66.7 Å². The molecule has 3 aromatic rings. The summed E-state index contributed by atoms with van der Waals surface area (Å²) in [6.07, 6.45) is -1.33. The molecular weight excluding hydrogens is 476 g/mol. The van der Waals surface area contributed by atoms with Gasteiger partial charge < -0.3 is 25.2 Å². The first-order valence-electron chi connectivity index (χ1n) is 12.0. The summed E-state index contributed by atoms with van der Waals surface area (Å²) in [5, 5.41) is 18.1. The number of carbonyl (C=O) groups is 1.